The molecule has 0 aromatic heterocycles. The maximum absolute atomic E-state index is 12.6. The van der Waals surface area contributed by atoms with Crippen LogP contribution in [0.25, 0.3) is 0 Å². The largest absolute Gasteiger partial charge is 0.452 e. The second kappa shape index (κ2) is 8.62. The smallest absolute Gasteiger partial charge is 0.340 e. The summed E-state index contributed by atoms with van der Waals surface area (Å²) in [5.41, 5.74) is 7.40. The van der Waals surface area contributed by atoms with Crippen molar-refractivity contribution in [2.45, 2.75) is 24.7 Å². The minimum absolute atomic E-state index is 0.113. The highest BCUT2D eigenvalue weighted by Gasteiger charge is 2.27. The van der Waals surface area contributed by atoms with E-state index in [9.17, 15) is 18.0 Å². The van der Waals surface area contributed by atoms with Crippen LogP contribution in [0.4, 0.5) is 11.4 Å². The minimum atomic E-state index is -3.58. The van der Waals surface area contributed by atoms with Crippen LogP contribution < -0.4 is 11.1 Å². The molecule has 1 aliphatic heterocycles. The molecule has 0 saturated carbocycles. The van der Waals surface area contributed by atoms with Crippen LogP contribution in [0.2, 0.25) is 0 Å². The molecule has 8 nitrogen and oxygen atoms in total. The van der Waals surface area contributed by atoms with Gasteiger partial charge in [0.1, 0.15) is 0 Å². The van der Waals surface area contributed by atoms with Crippen molar-refractivity contribution in [3.05, 3.63) is 53.6 Å². The van der Waals surface area contributed by atoms with Gasteiger partial charge in [-0.2, -0.15) is 4.31 Å². The van der Waals surface area contributed by atoms with E-state index in [1.54, 1.807) is 31.2 Å². The summed E-state index contributed by atoms with van der Waals surface area (Å²) in [7, 11) is -3.58. The van der Waals surface area contributed by atoms with Gasteiger partial charge in [-0.3, -0.25) is 4.79 Å². The topological polar surface area (TPSA) is 119 Å². The number of aryl methyl sites for hydroxylation is 1. The van der Waals surface area contributed by atoms with Crippen molar-refractivity contribution >= 4 is 33.3 Å². The molecule has 3 N–H and O–H groups in total. The van der Waals surface area contributed by atoms with Crippen LogP contribution in [-0.2, 0) is 19.6 Å². The van der Waals surface area contributed by atoms with Gasteiger partial charge in [0.15, 0.2) is 6.61 Å². The normalized spacial score (nSPS) is 14.5. The van der Waals surface area contributed by atoms with E-state index in [1.807, 2.05) is 0 Å². The highest BCUT2D eigenvalue weighted by Crippen LogP contribution is 2.23. The summed E-state index contributed by atoms with van der Waals surface area (Å²) in [6.07, 6.45) is 1.68. The molecule has 0 aliphatic carbocycles. The number of ether oxygens (including phenoxy) is 1. The van der Waals surface area contributed by atoms with E-state index < -0.39 is 28.5 Å². The van der Waals surface area contributed by atoms with Gasteiger partial charge in [0.25, 0.3) is 5.91 Å². The number of nitrogens with two attached hydrogens (primary N) is 1. The van der Waals surface area contributed by atoms with Crippen LogP contribution in [0, 0.1) is 6.92 Å². The number of nitrogens with one attached hydrogen (secondary N) is 1. The van der Waals surface area contributed by atoms with E-state index >= 15 is 0 Å². The minimum Gasteiger partial charge on any atom is -0.452 e. The van der Waals surface area contributed by atoms with Gasteiger partial charge in [0.2, 0.25) is 10.0 Å². The van der Waals surface area contributed by atoms with Crippen LogP contribution in [0.5, 0.6) is 0 Å². The zero-order valence-electron chi connectivity index (χ0n) is 16.1. The average molecular weight is 417 g/mol. The summed E-state index contributed by atoms with van der Waals surface area (Å²) in [4.78, 5) is 24.4. The van der Waals surface area contributed by atoms with E-state index in [1.165, 1.54) is 22.5 Å². The van der Waals surface area contributed by atoms with Crippen molar-refractivity contribution in [1.29, 1.82) is 0 Å². The van der Waals surface area contributed by atoms with Crippen LogP contribution in [-0.4, -0.2) is 44.3 Å². The van der Waals surface area contributed by atoms with E-state index in [-0.39, 0.29) is 10.5 Å². The number of amides is 1. The van der Waals surface area contributed by atoms with Gasteiger partial charge in [0, 0.05) is 24.5 Å². The van der Waals surface area contributed by atoms with Crippen molar-refractivity contribution in [1.82, 2.24) is 4.31 Å². The Morgan fingerprint density at radius 2 is 1.83 bits per heavy atom. The molecule has 1 heterocycles. The Kier molecular flexibility index (Phi) is 6.19. The number of rotatable bonds is 6. The standard InChI is InChI=1S/C20H23N3O5S/c1-14-6-4-9-17(19(14)21)20(25)28-13-18(24)22-15-7-5-8-16(12-15)29(26,27)23-10-2-3-11-23/h4-9,12H,2-3,10-11,13,21H2,1H3,(H,22,24). The molecular weight excluding hydrogens is 394 g/mol. The fourth-order valence-electron chi connectivity index (χ4n) is 3.08. The number of sulfonamides is 1. The first kappa shape index (κ1) is 20.8. The number of para-hydroxylation sites is 1. The molecular formula is C20H23N3O5S. The summed E-state index contributed by atoms with van der Waals surface area (Å²) in [5, 5.41) is 2.55. The maximum Gasteiger partial charge on any atom is 0.340 e. The van der Waals surface area contributed by atoms with E-state index in [0.717, 1.165) is 18.4 Å². The number of nitrogens with zero attached hydrogens (tertiary/aromatic N) is 1. The molecule has 3 rings (SSSR count). The number of nitrogen functional groups attached to an aromatic ring is 1. The lowest BCUT2D eigenvalue weighted by atomic mass is 10.1. The highest BCUT2D eigenvalue weighted by molar-refractivity contribution is 7.89. The number of anilines is 2. The number of carbonyl (C=O) groups is 2. The monoisotopic (exact) mass is 417 g/mol. The molecule has 0 atom stereocenters. The third-order valence-corrected chi connectivity index (χ3v) is 6.59. The molecule has 0 unspecified atom stereocenters. The zero-order valence-corrected chi connectivity index (χ0v) is 16.9. The molecule has 1 fully saturated rings. The van der Waals surface area contributed by atoms with Crippen LogP contribution in [0.15, 0.2) is 47.4 Å². The SMILES string of the molecule is Cc1cccc(C(=O)OCC(=O)Nc2cccc(S(=O)(=O)N3CCCC3)c2)c1N. The Morgan fingerprint density at radius 1 is 1.14 bits per heavy atom. The maximum atomic E-state index is 12.6. The predicted octanol–water partition coefficient (Wildman–Crippen LogP) is 2.16. The van der Waals surface area contributed by atoms with Crippen molar-refractivity contribution in [3.63, 3.8) is 0 Å². The fraction of sp³-hybridized carbons (Fsp3) is 0.300. The Labute approximate surface area is 169 Å². The predicted molar refractivity (Wildman–Crippen MR) is 109 cm³/mol. The lowest BCUT2D eigenvalue weighted by molar-refractivity contribution is -0.119. The van der Waals surface area contributed by atoms with Gasteiger partial charge < -0.3 is 15.8 Å². The molecule has 154 valence electrons. The molecule has 0 radical (unpaired) electrons. The van der Waals surface area contributed by atoms with Gasteiger partial charge >= 0.3 is 5.97 Å². The third kappa shape index (κ3) is 4.75. The van der Waals surface area contributed by atoms with Crippen LogP contribution in [0.3, 0.4) is 0 Å². The molecule has 1 saturated heterocycles. The second-order valence-corrected chi connectivity index (χ2v) is 8.74. The Bertz CT molecular complexity index is 1030. The number of esters is 1. The molecule has 0 bridgehead atoms. The first-order valence-electron chi connectivity index (χ1n) is 9.21. The number of hydrogen-bond donors (Lipinski definition) is 2. The Morgan fingerprint density at radius 3 is 2.55 bits per heavy atom. The van der Waals surface area contributed by atoms with Crippen molar-refractivity contribution in [3.8, 4) is 0 Å². The fourth-order valence-corrected chi connectivity index (χ4v) is 4.64. The summed E-state index contributed by atoms with van der Waals surface area (Å²) in [6, 6.07) is 11.0. The summed E-state index contributed by atoms with van der Waals surface area (Å²) in [5.74, 6) is -1.29. The van der Waals surface area contributed by atoms with Gasteiger partial charge in [-0.1, -0.05) is 18.2 Å². The number of carbonyl (C=O) groups excluding carboxylic acids is 2. The quantitative estimate of drug-likeness (QED) is 0.549. The van der Waals surface area contributed by atoms with E-state index in [2.05, 4.69) is 5.32 Å². The molecule has 1 aliphatic rings. The first-order chi connectivity index (χ1) is 13.8. The number of benzene rings is 2. The average Bonchev–Trinajstić information content (AvgIpc) is 3.24. The van der Waals surface area contributed by atoms with E-state index in [4.69, 9.17) is 10.5 Å². The van der Waals surface area contributed by atoms with Crippen molar-refractivity contribution < 1.29 is 22.7 Å². The highest BCUT2D eigenvalue weighted by atomic mass is 32.2. The molecule has 9 heteroatoms. The second-order valence-electron chi connectivity index (χ2n) is 6.80. The van der Waals surface area contributed by atoms with Gasteiger partial charge in [-0.15, -0.1) is 0 Å². The zero-order chi connectivity index (χ0) is 21.0. The Hall–Kier alpha value is -2.91. The molecule has 29 heavy (non-hydrogen) atoms. The van der Waals surface area contributed by atoms with Gasteiger partial charge in [-0.25, -0.2) is 13.2 Å². The van der Waals surface area contributed by atoms with Crippen LogP contribution in [0.1, 0.15) is 28.8 Å². The molecule has 2 aromatic rings. The van der Waals surface area contributed by atoms with Crippen LogP contribution >= 0.6 is 0 Å². The summed E-state index contributed by atoms with van der Waals surface area (Å²) in [6.45, 7) is 2.24. The van der Waals surface area contributed by atoms with Crippen molar-refractivity contribution in [2.24, 2.45) is 0 Å². The molecule has 0 spiro atoms. The van der Waals surface area contributed by atoms with E-state index in [0.29, 0.717) is 24.5 Å². The Balaban J connectivity index is 1.62. The summed E-state index contributed by atoms with van der Waals surface area (Å²) < 4.78 is 31.7. The van der Waals surface area contributed by atoms with Gasteiger partial charge in [-0.05, 0) is 49.6 Å². The van der Waals surface area contributed by atoms with Crippen molar-refractivity contribution in [2.75, 3.05) is 30.7 Å². The first-order valence-corrected chi connectivity index (χ1v) is 10.7. The van der Waals surface area contributed by atoms with Gasteiger partial charge in [0.05, 0.1) is 10.5 Å². The third-order valence-electron chi connectivity index (χ3n) is 4.70. The number of hydrogen-bond acceptors (Lipinski definition) is 6. The lowest BCUT2D eigenvalue weighted by Gasteiger charge is -2.16. The lowest BCUT2D eigenvalue weighted by Crippen LogP contribution is -2.28. The summed E-state index contributed by atoms with van der Waals surface area (Å²) >= 11 is 0. The molecule has 2 aromatic carbocycles. The molecule has 1 amide bonds.